The Labute approximate surface area is 616 Å². The third-order valence-corrected chi connectivity index (χ3v) is 16.6. The maximum atomic E-state index is 13.6. The highest BCUT2D eigenvalue weighted by molar-refractivity contribution is 5.99. The average molecular weight is 1450 g/mol. The Morgan fingerprint density at radius 2 is 0.841 bits per heavy atom. The second-order valence-electron chi connectivity index (χ2n) is 24.8. The molecular formula is C83H80F4N12O8. The summed E-state index contributed by atoms with van der Waals surface area (Å²) in [5, 5.41) is 22.5. The molecule has 5 aromatic heterocycles. The van der Waals surface area contributed by atoms with E-state index in [-0.39, 0.29) is 79.2 Å². The zero-order valence-corrected chi connectivity index (χ0v) is 59.7. The molecule has 0 fully saturated rings. The zero-order chi connectivity index (χ0) is 75.6. The average Bonchev–Trinajstić information content (AvgIpc) is 1.72. The Kier molecular flexibility index (Phi) is 27.1. The summed E-state index contributed by atoms with van der Waals surface area (Å²) in [7, 11) is 3.59. The predicted octanol–water partition coefficient (Wildman–Crippen LogP) is 14.9. The Balaban J connectivity index is 0.000000153. The van der Waals surface area contributed by atoms with Crippen molar-refractivity contribution in [1.82, 2.24) is 60.2 Å². The molecule has 20 nitrogen and oxygen atoms in total. The van der Waals surface area contributed by atoms with E-state index in [0.29, 0.717) is 99.7 Å². The predicted molar refractivity (Wildman–Crippen MR) is 397 cm³/mol. The van der Waals surface area contributed by atoms with Gasteiger partial charge in [-0.05, 0) is 139 Å². The standard InChI is InChI=1S/C22H18FN3O2.C21H22FN3O2.2C20H20FN3O2/c23-20-6-2-1-4-17(20)15-28-18-9-7-16(8-10-18)14-25-22(27)19-5-3-12-26-13-11-24-21(19)26;1-14(2)19-11-20(25-24-19)21(26)23-12-15-7-9-17(10-8-15)27-13-16-5-3-4-6-18(16)22;1-14-23-19(12-24(14)2)20(25)22-11-15-7-9-17(10-8-15)26-13-16-5-3-4-6-18(16)21;1-14-11-19(24(2)23-14)20(25)22-12-15-7-9-17(10-8-15)26-13-16-5-3-4-6-18(16)21/h1-13H,14-15H2,(H,25,27);3-11,14H,12-13H2,1-2H3,(H,23,26)(H,24,25);3-10,12H,11,13H2,1-2H3,(H,22,25);3-11H,12-13H2,1-2H3,(H,22,25). The molecule has 13 aromatic rings. The van der Waals surface area contributed by atoms with Gasteiger partial charge in [-0.2, -0.15) is 10.2 Å². The normalized spacial score (nSPS) is 10.7. The number of H-pyrrole nitrogens is 1. The van der Waals surface area contributed by atoms with Crippen LogP contribution in [0.5, 0.6) is 23.0 Å². The summed E-state index contributed by atoms with van der Waals surface area (Å²) in [5.74, 6) is 1.72. The third kappa shape index (κ3) is 22.7. The minimum absolute atomic E-state index is 0.164. The van der Waals surface area contributed by atoms with Gasteiger partial charge in [-0.15, -0.1) is 0 Å². The monoisotopic (exact) mass is 1450 g/mol. The van der Waals surface area contributed by atoms with E-state index < -0.39 is 0 Å². The fraction of sp³-hybridized carbons (Fsp3) is 0.181. The number of hydrogen-bond acceptors (Lipinski definition) is 12. The molecule has 0 aliphatic heterocycles. The van der Waals surface area contributed by atoms with Crippen molar-refractivity contribution in [3.05, 3.63) is 351 Å². The molecule has 4 amide bonds. The van der Waals surface area contributed by atoms with E-state index in [0.717, 1.165) is 39.5 Å². The molecule has 0 atom stereocenters. The van der Waals surface area contributed by atoms with Crippen molar-refractivity contribution in [2.24, 2.45) is 14.1 Å². The number of hydrogen-bond donors (Lipinski definition) is 5. The van der Waals surface area contributed by atoms with Crippen molar-refractivity contribution in [3.63, 3.8) is 0 Å². The molecule has 24 heteroatoms. The van der Waals surface area contributed by atoms with Crippen LogP contribution in [0, 0.1) is 37.1 Å². The number of pyridine rings is 1. The van der Waals surface area contributed by atoms with Crippen LogP contribution in [-0.2, 0) is 66.7 Å². The van der Waals surface area contributed by atoms with E-state index in [2.05, 4.69) is 46.5 Å². The summed E-state index contributed by atoms with van der Waals surface area (Å²) in [6.07, 6.45) is 7.00. The second kappa shape index (κ2) is 37.9. The highest BCUT2D eigenvalue weighted by Crippen LogP contribution is 2.22. The number of fused-ring (bicyclic) bond motifs is 1. The van der Waals surface area contributed by atoms with Crippen molar-refractivity contribution in [2.45, 2.75) is 86.2 Å². The van der Waals surface area contributed by atoms with Gasteiger partial charge in [0.15, 0.2) is 0 Å². The molecule has 0 unspecified atom stereocenters. The van der Waals surface area contributed by atoms with Crippen molar-refractivity contribution in [3.8, 4) is 23.0 Å². The van der Waals surface area contributed by atoms with Crippen LogP contribution in [0.15, 0.2) is 243 Å². The van der Waals surface area contributed by atoms with Crippen molar-refractivity contribution in [2.75, 3.05) is 0 Å². The Morgan fingerprint density at radius 3 is 1.20 bits per heavy atom. The first-order chi connectivity index (χ1) is 51.8. The lowest BCUT2D eigenvalue weighted by atomic mass is 10.1. The van der Waals surface area contributed by atoms with E-state index in [1.165, 1.54) is 24.3 Å². The molecule has 548 valence electrons. The first-order valence-corrected chi connectivity index (χ1v) is 34.2. The smallest absolute Gasteiger partial charge is 0.272 e. The van der Waals surface area contributed by atoms with Crippen LogP contribution in [0.1, 0.15) is 123 Å². The lowest BCUT2D eigenvalue weighted by molar-refractivity contribution is 0.0934. The van der Waals surface area contributed by atoms with E-state index in [1.807, 2.05) is 95.5 Å². The van der Waals surface area contributed by atoms with Crippen LogP contribution in [0.4, 0.5) is 17.6 Å². The topological polar surface area (TPSA) is 235 Å². The molecule has 0 aliphatic rings. The van der Waals surface area contributed by atoms with E-state index in [4.69, 9.17) is 18.9 Å². The fourth-order valence-corrected chi connectivity index (χ4v) is 10.4. The number of nitrogens with one attached hydrogen (secondary N) is 5. The van der Waals surface area contributed by atoms with Crippen LogP contribution in [0.2, 0.25) is 0 Å². The van der Waals surface area contributed by atoms with Crippen LogP contribution in [0.3, 0.4) is 0 Å². The molecule has 0 spiro atoms. The summed E-state index contributed by atoms with van der Waals surface area (Å²) in [6.45, 7) is 9.98. The van der Waals surface area contributed by atoms with Gasteiger partial charge < -0.3 is 49.2 Å². The van der Waals surface area contributed by atoms with Gasteiger partial charge in [0.2, 0.25) is 0 Å². The quantitative estimate of drug-likeness (QED) is 0.0336. The summed E-state index contributed by atoms with van der Waals surface area (Å²) >= 11 is 0. The number of rotatable bonds is 25. The number of halogens is 4. The van der Waals surface area contributed by atoms with Gasteiger partial charge >= 0.3 is 0 Å². The number of nitrogens with zero attached hydrogens (tertiary/aromatic N) is 7. The number of aryl methyl sites for hydroxylation is 4. The molecule has 13 rings (SSSR count). The maximum Gasteiger partial charge on any atom is 0.272 e. The molecule has 107 heavy (non-hydrogen) atoms. The third-order valence-electron chi connectivity index (χ3n) is 16.6. The highest BCUT2D eigenvalue weighted by Gasteiger charge is 2.17. The van der Waals surface area contributed by atoms with E-state index in [9.17, 15) is 36.7 Å². The van der Waals surface area contributed by atoms with Gasteiger partial charge in [0.25, 0.3) is 23.6 Å². The highest BCUT2D eigenvalue weighted by atomic mass is 19.1. The van der Waals surface area contributed by atoms with Crippen molar-refractivity contribution < 1.29 is 55.7 Å². The molecule has 0 radical (unpaired) electrons. The van der Waals surface area contributed by atoms with Crippen LogP contribution in [0.25, 0.3) is 5.65 Å². The minimum Gasteiger partial charge on any atom is -0.489 e. The minimum atomic E-state index is -0.283. The number of aromatic amines is 1. The van der Waals surface area contributed by atoms with E-state index >= 15 is 0 Å². The number of benzene rings is 8. The van der Waals surface area contributed by atoms with Crippen molar-refractivity contribution in [1.29, 1.82) is 0 Å². The Bertz CT molecular complexity index is 5060. The number of carbonyl (C=O) groups excluding carboxylic acids is 4. The molecule has 0 aliphatic carbocycles. The van der Waals surface area contributed by atoms with Gasteiger partial charge in [-0.3, -0.25) is 29.0 Å². The molecule has 5 N–H and O–H groups in total. The van der Waals surface area contributed by atoms with Gasteiger partial charge in [-0.25, -0.2) is 27.5 Å². The number of imidazole rings is 2. The SMILES string of the molecule is CC(C)c1cc(C(=O)NCc2ccc(OCc3ccccc3F)cc2)n[nH]1.Cc1cc(C(=O)NCc2ccc(OCc3ccccc3F)cc2)n(C)n1.Cc1nc(C(=O)NCc2ccc(OCc3ccccc3F)cc2)cn1C.O=C(NCc1ccc(OCc2ccccc2F)cc1)c1cccn2ccnc12. The molecule has 8 aromatic carbocycles. The van der Waals surface area contributed by atoms with Crippen LogP contribution in [-0.4, -0.2) is 62.5 Å². The summed E-state index contributed by atoms with van der Waals surface area (Å²) in [6, 6.07) is 62.5. The van der Waals surface area contributed by atoms with E-state index in [1.54, 1.807) is 179 Å². The molecule has 0 saturated carbocycles. The van der Waals surface area contributed by atoms with Gasteiger partial charge in [-0.1, -0.05) is 135 Å². The van der Waals surface area contributed by atoms with Crippen LogP contribution >= 0.6 is 0 Å². The lowest BCUT2D eigenvalue weighted by Gasteiger charge is -2.09. The Morgan fingerprint density at radius 1 is 0.458 bits per heavy atom. The zero-order valence-electron chi connectivity index (χ0n) is 59.7. The summed E-state index contributed by atoms with van der Waals surface area (Å²) in [5.41, 5.74) is 9.94. The lowest BCUT2D eigenvalue weighted by Crippen LogP contribution is -2.25. The molecule has 0 saturated heterocycles. The first kappa shape index (κ1) is 76.5. The maximum absolute atomic E-state index is 13.6. The Hall–Kier alpha value is -13.1. The largest absolute Gasteiger partial charge is 0.489 e. The van der Waals surface area contributed by atoms with Crippen LogP contribution < -0.4 is 40.2 Å². The summed E-state index contributed by atoms with van der Waals surface area (Å²) < 4.78 is 82.0. The fourth-order valence-electron chi connectivity index (χ4n) is 10.4. The number of amides is 4. The number of aromatic nitrogens is 8. The van der Waals surface area contributed by atoms with Gasteiger partial charge in [0, 0.05) is 93.0 Å². The number of carbonyl (C=O) groups is 4. The number of ether oxygens (including phenoxy) is 4. The first-order valence-electron chi connectivity index (χ1n) is 34.2. The van der Waals surface area contributed by atoms with Crippen molar-refractivity contribution >= 4 is 29.3 Å². The molecule has 5 heterocycles. The second-order valence-corrected chi connectivity index (χ2v) is 24.8. The van der Waals surface area contributed by atoms with Gasteiger partial charge in [0.1, 0.15) is 101 Å². The summed E-state index contributed by atoms with van der Waals surface area (Å²) in [4.78, 5) is 57.3. The van der Waals surface area contributed by atoms with Gasteiger partial charge in [0.05, 0.1) is 11.3 Å². The molecule has 0 bridgehead atoms. The molecular weight excluding hydrogens is 1370 g/mol.